The molecule has 2 heterocycles. The molecule has 71 heavy (non-hydrogen) atoms. The molecule has 0 bridgehead atoms. The van der Waals surface area contributed by atoms with Crippen molar-refractivity contribution in [1.29, 1.82) is 0 Å². The molecule has 4 aromatic rings. The Morgan fingerprint density at radius 3 is 1.51 bits per heavy atom. The van der Waals surface area contributed by atoms with Crippen LogP contribution < -0.4 is 21.3 Å². The number of hydrogen-bond donors (Lipinski definition) is 4. The summed E-state index contributed by atoms with van der Waals surface area (Å²) in [4.78, 5) is 90.4. The Labute approximate surface area is 420 Å². The van der Waals surface area contributed by atoms with Gasteiger partial charge in [0.15, 0.2) is 0 Å². The maximum absolute atomic E-state index is 14.5. The average Bonchev–Trinajstić information content (AvgIpc) is 3.67. The number of hydrogen-bond acceptors (Lipinski definition) is 8. The molecule has 6 amide bonds. The monoisotopic (exact) mass is 967 g/mol. The van der Waals surface area contributed by atoms with Crippen LogP contribution in [-0.2, 0) is 32.0 Å². The molecule has 7 atom stereocenters. The van der Waals surface area contributed by atoms with Crippen molar-refractivity contribution in [3.8, 4) is 11.1 Å². The Hall–Kier alpha value is -6.38. The zero-order chi connectivity index (χ0) is 50.7. The minimum absolute atomic E-state index is 0.0241. The molecule has 0 aromatic heterocycles. The first-order chi connectivity index (χ1) is 34.3. The van der Waals surface area contributed by atoms with E-state index in [2.05, 4.69) is 45.5 Å². The van der Waals surface area contributed by atoms with E-state index in [1.54, 1.807) is 27.9 Å². The van der Waals surface area contributed by atoms with Crippen molar-refractivity contribution in [2.75, 3.05) is 53.4 Å². The summed E-state index contributed by atoms with van der Waals surface area (Å²) in [6.07, 6.45) is 5.54. The number of benzene rings is 4. The number of amides is 6. The van der Waals surface area contributed by atoms with Gasteiger partial charge in [-0.25, -0.2) is 0 Å². The second-order valence-corrected chi connectivity index (χ2v) is 19.8. The zero-order valence-corrected chi connectivity index (χ0v) is 42.5. The second-order valence-electron chi connectivity index (χ2n) is 19.8. The molecule has 1 saturated carbocycles. The summed E-state index contributed by atoms with van der Waals surface area (Å²) in [6, 6.07) is 33.4. The molecule has 14 nitrogen and oxygen atoms in total. The molecule has 4 aromatic carbocycles. The predicted molar refractivity (Wildman–Crippen MR) is 277 cm³/mol. The summed E-state index contributed by atoms with van der Waals surface area (Å²) in [7, 11) is 3.44. The van der Waals surface area contributed by atoms with Crippen molar-refractivity contribution >= 4 is 35.4 Å². The lowest BCUT2D eigenvalue weighted by Gasteiger charge is -2.34. The van der Waals surface area contributed by atoms with Crippen LogP contribution in [0.5, 0.6) is 0 Å². The molecule has 0 unspecified atom stereocenters. The van der Waals surface area contributed by atoms with Crippen LogP contribution in [0.4, 0.5) is 0 Å². The third kappa shape index (κ3) is 12.8. The fourth-order valence-electron chi connectivity index (χ4n) is 10.1. The van der Waals surface area contributed by atoms with Gasteiger partial charge in [0.2, 0.25) is 23.6 Å². The first-order valence-electron chi connectivity index (χ1n) is 25.7. The van der Waals surface area contributed by atoms with Gasteiger partial charge in [0.05, 0.1) is 12.1 Å². The predicted octanol–water partition coefficient (Wildman–Crippen LogP) is 5.71. The minimum atomic E-state index is -0.919. The quantitative estimate of drug-likeness (QED) is 0.0779. The highest BCUT2D eigenvalue weighted by molar-refractivity contribution is 5.98. The van der Waals surface area contributed by atoms with Crippen LogP contribution in [0.25, 0.3) is 11.1 Å². The summed E-state index contributed by atoms with van der Waals surface area (Å²) >= 11 is 0. The fourth-order valence-corrected chi connectivity index (χ4v) is 10.1. The van der Waals surface area contributed by atoms with E-state index in [0.717, 1.165) is 47.9 Å². The standard InChI is InChI=1S/C57H74N8O6/c1-7-50(60-51(66)40(3)58-5)55(70)64-32-14-20-48(64)37-62(34-30-42-16-10-8-11-17-42)53(68)46-26-22-44(23-27-46)45-24-28-47(29-25-45)54(69)63(35-31-43-18-12-9-13-19-43)38-49-21-15-33-65(49)56(71)57(36-39(57)2)61-52(67)41(4)59-6/h8-13,16-19,22-29,39-41,48-50,58-59H,7,14-15,20-21,30-38H2,1-6H3,(H,60,66)(H,61,67)/t39-,40+,41+,48+,49+,50+,57-/m1/s1. The van der Waals surface area contributed by atoms with E-state index >= 15 is 0 Å². The lowest BCUT2D eigenvalue weighted by atomic mass is 10.0. The van der Waals surface area contributed by atoms with Crippen LogP contribution in [0.2, 0.25) is 0 Å². The number of likely N-dealkylation sites (N-methyl/N-ethyl adjacent to an activating group) is 2. The molecule has 2 aliphatic heterocycles. The highest BCUT2D eigenvalue weighted by Gasteiger charge is 2.61. The number of carbonyl (C=O) groups is 6. The SMILES string of the molecule is CC[C@H](NC(=O)[C@H](C)NC)C(=O)N1CCC[C@H]1CN(CCc1ccccc1)C(=O)c1ccc(-c2ccc(C(=O)N(CCc3ccccc3)C[C@@H]3CCCN3C(=O)[C@@]3(NC(=O)[C@H](C)NC)C[C@H]3C)cc2)cc1. The van der Waals surface area contributed by atoms with Crippen LogP contribution in [0, 0.1) is 5.92 Å². The maximum atomic E-state index is 14.5. The molecule has 14 heteroatoms. The Morgan fingerprint density at radius 1 is 0.634 bits per heavy atom. The zero-order valence-electron chi connectivity index (χ0n) is 42.5. The smallest absolute Gasteiger partial charge is 0.253 e. The van der Waals surface area contributed by atoms with Gasteiger partial charge in [0.1, 0.15) is 11.6 Å². The van der Waals surface area contributed by atoms with Crippen molar-refractivity contribution in [2.45, 2.75) is 115 Å². The number of likely N-dealkylation sites (tertiary alicyclic amines) is 2. The normalized spacial score (nSPS) is 20.7. The van der Waals surface area contributed by atoms with Gasteiger partial charge in [-0.15, -0.1) is 0 Å². The lowest BCUT2D eigenvalue weighted by Crippen LogP contribution is -2.57. The van der Waals surface area contributed by atoms with Crippen molar-refractivity contribution in [1.82, 2.24) is 40.9 Å². The topological polar surface area (TPSA) is 163 Å². The van der Waals surface area contributed by atoms with Gasteiger partial charge in [-0.2, -0.15) is 0 Å². The number of nitrogens with one attached hydrogen (secondary N) is 4. The molecular weight excluding hydrogens is 893 g/mol. The van der Waals surface area contributed by atoms with Crippen molar-refractivity contribution in [3.63, 3.8) is 0 Å². The van der Waals surface area contributed by atoms with E-state index in [1.807, 2.05) is 118 Å². The first-order valence-corrected chi connectivity index (χ1v) is 25.7. The Kier molecular flexibility index (Phi) is 17.8. The van der Waals surface area contributed by atoms with E-state index in [4.69, 9.17) is 0 Å². The summed E-state index contributed by atoms with van der Waals surface area (Å²) in [5, 5.41) is 11.9. The molecule has 3 aliphatic rings. The molecule has 1 aliphatic carbocycles. The summed E-state index contributed by atoms with van der Waals surface area (Å²) in [5.41, 5.74) is 4.18. The largest absolute Gasteiger partial charge is 0.343 e. The van der Waals surface area contributed by atoms with E-state index in [0.29, 0.717) is 76.1 Å². The third-order valence-corrected chi connectivity index (χ3v) is 15.1. The van der Waals surface area contributed by atoms with Gasteiger partial charge in [-0.3, -0.25) is 28.8 Å². The van der Waals surface area contributed by atoms with E-state index in [9.17, 15) is 28.8 Å². The Balaban J connectivity index is 1.05. The van der Waals surface area contributed by atoms with Gasteiger partial charge in [-0.1, -0.05) is 98.8 Å². The van der Waals surface area contributed by atoms with Crippen LogP contribution in [-0.4, -0.2) is 144 Å². The Bertz CT molecular complexity index is 2450. The van der Waals surface area contributed by atoms with Crippen LogP contribution in [0.3, 0.4) is 0 Å². The molecule has 378 valence electrons. The third-order valence-electron chi connectivity index (χ3n) is 15.1. The molecule has 3 fully saturated rings. The van der Waals surface area contributed by atoms with Gasteiger partial charge >= 0.3 is 0 Å². The van der Waals surface area contributed by atoms with Crippen LogP contribution in [0.15, 0.2) is 109 Å². The van der Waals surface area contributed by atoms with E-state index in [-0.39, 0.29) is 53.4 Å². The van der Waals surface area contributed by atoms with E-state index in [1.165, 1.54) is 0 Å². The summed E-state index contributed by atoms with van der Waals surface area (Å²) < 4.78 is 0. The summed E-state index contributed by atoms with van der Waals surface area (Å²) in [5.74, 6) is -0.818. The highest BCUT2D eigenvalue weighted by atomic mass is 16.2. The van der Waals surface area contributed by atoms with Crippen molar-refractivity contribution in [2.24, 2.45) is 5.92 Å². The number of carbonyl (C=O) groups excluding carboxylic acids is 6. The molecule has 0 spiro atoms. The molecule has 4 N–H and O–H groups in total. The van der Waals surface area contributed by atoms with Gasteiger partial charge in [0, 0.05) is 62.5 Å². The van der Waals surface area contributed by atoms with E-state index < -0.39 is 23.7 Å². The maximum Gasteiger partial charge on any atom is 0.253 e. The Morgan fingerprint density at radius 2 is 1.07 bits per heavy atom. The highest BCUT2D eigenvalue weighted by Crippen LogP contribution is 2.45. The first kappa shape index (κ1) is 52.4. The molecule has 7 rings (SSSR count). The van der Waals surface area contributed by atoms with Gasteiger partial charge in [0.25, 0.3) is 11.8 Å². The summed E-state index contributed by atoms with van der Waals surface area (Å²) in [6.45, 7) is 10.3. The van der Waals surface area contributed by atoms with Crippen LogP contribution >= 0.6 is 0 Å². The molecular formula is C57H74N8O6. The molecule has 2 saturated heterocycles. The molecule has 0 radical (unpaired) electrons. The van der Waals surface area contributed by atoms with Gasteiger partial charge in [-0.05, 0) is 132 Å². The van der Waals surface area contributed by atoms with Crippen LogP contribution in [0.1, 0.15) is 98.1 Å². The van der Waals surface area contributed by atoms with Crippen molar-refractivity contribution < 1.29 is 28.8 Å². The number of rotatable bonds is 22. The lowest BCUT2D eigenvalue weighted by molar-refractivity contribution is -0.139. The second kappa shape index (κ2) is 24.2. The van der Waals surface area contributed by atoms with Crippen molar-refractivity contribution in [3.05, 3.63) is 131 Å². The fraction of sp³-hybridized carbons (Fsp3) is 0.474. The number of nitrogens with zero attached hydrogens (tertiary/aromatic N) is 4. The average molecular weight is 967 g/mol. The van der Waals surface area contributed by atoms with Gasteiger partial charge < -0.3 is 40.9 Å². The minimum Gasteiger partial charge on any atom is -0.343 e.